The van der Waals surface area contributed by atoms with Crippen molar-refractivity contribution < 1.29 is 33.2 Å². The van der Waals surface area contributed by atoms with Gasteiger partial charge in [0.1, 0.15) is 12.3 Å². The predicted molar refractivity (Wildman–Crippen MR) is 64.4 cm³/mol. The van der Waals surface area contributed by atoms with Gasteiger partial charge in [0.2, 0.25) is 0 Å². The van der Waals surface area contributed by atoms with Gasteiger partial charge in [0.15, 0.2) is 0 Å². The van der Waals surface area contributed by atoms with Crippen LogP contribution in [0.15, 0.2) is 23.1 Å². The Morgan fingerprint density at radius 1 is 1.31 bits per heavy atom. The smallest absolute Gasteiger partial charge is 0.119 e. The third kappa shape index (κ3) is 3.28. The molecular formula is C12H18INOS. The zero-order chi connectivity index (χ0) is 10.9. The number of quaternary nitrogens is 1. The molecule has 4 heteroatoms. The van der Waals surface area contributed by atoms with Gasteiger partial charge in [-0.2, -0.15) is 0 Å². The van der Waals surface area contributed by atoms with Crippen LogP contribution in [0, 0.1) is 0 Å². The number of hydrogen-bond donors (Lipinski definition) is 0. The van der Waals surface area contributed by atoms with E-state index in [1.165, 1.54) is 22.8 Å². The van der Waals surface area contributed by atoms with Gasteiger partial charge in [0.25, 0.3) is 0 Å². The summed E-state index contributed by atoms with van der Waals surface area (Å²) >= 11 is 1.96. The summed E-state index contributed by atoms with van der Waals surface area (Å²) in [4.78, 5) is 1.42. The molecular weight excluding hydrogens is 333 g/mol. The normalized spacial score (nSPS) is 17.9. The maximum absolute atomic E-state index is 5.27. The molecule has 0 saturated carbocycles. The molecule has 0 radical (unpaired) electrons. The van der Waals surface area contributed by atoms with E-state index in [1.54, 1.807) is 7.11 Å². The number of halogens is 1. The summed E-state index contributed by atoms with van der Waals surface area (Å²) in [5.74, 6) is 2.17. The van der Waals surface area contributed by atoms with Gasteiger partial charge in [-0.05, 0) is 18.2 Å². The molecule has 2 rings (SSSR count). The van der Waals surface area contributed by atoms with Gasteiger partial charge >= 0.3 is 0 Å². The third-order valence-corrected chi connectivity index (χ3v) is 3.92. The summed E-state index contributed by atoms with van der Waals surface area (Å²) in [7, 11) is 6.30. The van der Waals surface area contributed by atoms with Crippen molar-refractivity contribution in [1.29, 1.82) is 0 Å². The maximum atomic E-state index is 5.27. The van der Waals surface area contributed by atoms with Crippen LogP contribution in [-0.4, -0.2) is 38.0 Å². The topological polar surface area (TPSA) is 9.23 Å². The molecule has 0 unspecified atom stereocenters. The predicted octanol–water partition coefficient (Wildman–Crippen LogP) is -0.619. The van der Waals surface area contributed by atoms with Crippen molar-refractivity contribution in [1.82, 2.24) is 0 Å². The van der Waals surface area contributed by atoms with Crippen LogP contribution in [-0.2, 0) is 6.54 Å². The van der Waals surface area contributed by atoms with Gasteiger partial charge in [-0.3, -0.25) is 0 Å². The van der Waals surface area contributed by atoms with Crippen LogP contribution in [0.4, 0.5) is 0 Å². The average Bonchev–Trinajstić information content (AvgIpc) is 2.33. The van der Waals surface area contributed by atoms with Gasteiger partial charge in [-0.25, -0.2) is 0 Å². The molecule has 1 aliphatic heterocycles. The van der Waals surface area contributed by atoms with Crippen LogP contribution in [0.5, 0.6) is 5.75 Å². The molecule has 0 fully saturated rings. The van der Waals surface area contributed by atoms with Crippen LogP contribution >= 0.6 is 11.8 Å². The van der Waals surface area contributed by atoms with E-state index in [9.17, 15) is 0 Å². The molecule has 0 spiro atoms. The van der Waals surface area contributed by atoms with Crippen molar-refractivity contribution in [2.45, 2.75) is 11.4 Å². The second-order valence-electron chi connectivity index (χ2n) is 4.64. The monoisotopic (exact) mass is 351 g/mol. The minimum Gasteiger partial charge on any atom is -1.00 e. The van der Waals surface area contributed by atoms with Gasteiger partial charge in [0.05, 0.1) is 27.7 Å². The number of methoxy groups -OCH3 is 1. The van der Waals surface area contributed by atoms with E-state index < -0.39 is 0 Å². The molecule has 0 saturated heterocycles. The average molecular weight is 351 g/mol. The van der Waals surface area contributed by atoms with Gasteiger partial charge in [0, 0.05) is 16.2 Å². The van der Waals surface area contributed by atoms with Crippen molar-refractivity contribution in [3.05, 3.63) is 23.8 Å². The molecule has 2 nitrogen and oxygen atoms in total. The Balaban J connectivity index is 0.00000128. The Bertz CT molecular complexity index is 368. The summed E-state index contributed by atoms with van der Waals surface area (Å²) in [5, 5.41) is 0. The van der Waals surface area contributed by atoms with E-state index in [4.69, 9.17) is 4.74 Å². The first-order valence-electron chi connectivity index (χ1n) is 5.22. The number of nitrogens with zero attached hydrogens (tertiary/aromatic N) is 1. The quantitative estimate of drug-likeness (QED) is 0.493. The fraction of sp³-hybridized carbons (Fsp3) is 0.500. The lowest BCUT2D eigenvalue weighted by atomic mass is 10.2. The summed E-state index contributed by atoms with van der Waals surface area (Å²) in [6, 6.07) is 6.41. The highest BCUT2D eigenvalue weighted by molar-refractivity contribution is 7.99. The van der Waals surface area contributed by atoms with Crippen molar-refractivity contribution >= 4 is 11.8 Å². The van der Waals surface area contributed by atoms with Gasteiger partial charge in [-0.15, -0.1) is 11.8 Å². The Morgan fingerprint density at radius 3 is 2.75 bits per heavy atom. The number of fused-ring (bicyclic) bond motifs is 1. The lowest BCUT2D eigenvalue weighted by Gasteiger charge is -2.27. The molecule has 90 valence electrons. The van der Waals surface area contributed by atoms with E-state index in [2.05, 4.69) is 32.3 Å². The Labute approximate surface area is 119 Å². The summed E-state index contributed by atoms with van der Waals surface area (Å²) in [6.45, 7) is 2.32. The molecule has 0 N–H and O–H groups in total. The van der Waals surface area contributed by atoms with E-state index in [1.807, 2.05) is 11.8 Å². The molecule has 1 aliphatic rings. The highest BCUT2D eigenvalue weighted by atomic mass is 127. The van der Waals surface area contributed by atoms with Crippen molar-refractivity contribution in [3.8, 4) is 5.75 Å². The lowest BCUT2D eigenvalue weighted by Crippen LogP contribution is -3.00. The second-order valence-corrected chi connectivity index (χ2v) is 5.78. The summed E-state index contributed by atoms with van der Waals surface area (Å²) in [5.41, 5.74) is 1.42. The summed E-state index contributed by atoms with van der Waals surface area (Å²) in [6.07, 6.45) is 0. The van der Waals surface area contributed by atoms with E-state index in [0.29, 0.717) is 0 Å². The molecule has 0 aliphatic carbocycles. The zero-order valence-electron chi connectivity index (χ0n) is 10.00. The van der Waals surface area contributed by atoms with Crippen LogP contribution in [0.1, 0.15) is 5.56 Å². The molecule has 0 bridgehead atoms. The number of thioether (sulfide) groups is 1. The summed E-state index contributed by atoms with van der Waals surface area (Å²) < 4.78 is 6.34. The van der Waals surface area contributed by atoms with E-state index in [0.717, 1.165) is 16.8 Å². The number of rotatable bonds is 1. The standard InChI is InChI=1S/C12H18NOS.HI/c1-13(2)6-7-15-12-5-4-11(14-3)8-10(12)9-13;/h4-5,8H,6-7,9H2,1-3H3;1H/q+1;/p-1. The number of ether oxygens (including phenoxy) is 1. The minimum atomic E-state index is 0. The molecule has 1 aromatic carbocycles. The number of benzene rings is 1. The SMILES string of the molecule is COc1ccc2c(c1)C[N+](C)(C)CCS2.[I-]. The van der Waals surface area contributed by atoms with Crippen LogP contribution in [0.25, 0.3) is 0 Å². The van der Waals surface area contributed by atoms with Crippen LogP contribution in [0.2, 0.25) is 0 Å². The number of hydrogen-bond acceptors (Lipinski definition) is 2. The largest absolute Gasteiger partial charge is 1.00 e. The highest BCUT2D eigenvalue weighted by Crippen LogP contribution is 2.31. The van der Waals surface area contributed by atoms with Gasteiger partial charge in [-0.1, -0.05) is 0 Å². The first-order chi connectivity index (χ1) is 7.11. The van der Waals surface area contributed by atoms with E-state index in [-0.39, 0.29) is 24.0 Å². The first-order valence-corrected chi connectivity index (χ1v) is 6.21. The lowest BCUT2D eigenvalue weighted by molar-refractivity contribution is -0.901. The van der Waals surface area contributed by atoms with Crippen LogP contribution in [0.3, 0.4) is 0 Å². The zero-order valence-corrected chi connectivity index (χ0v) is 13.0. The van der Waals surface area contributed by atoms with Gasteiger partial charge < -0.3 is 33.2 Å². The fourth-order valence-corrected chi connectivity index (χ4v) is 3.17. The van der Waals surface area contributed by atoms with Crippen LogP contribution < -0.4 is 28.7 Å². The highest BCUT2D eigenvalue weighted by Gasteiger charge is 2.22. The molecule has 0 amide bonds. The molecule has 0 atom stereocenters. The van der Waals surface area contributed by atoms with Crippen molar-refractivity contribution in [2.24, 2.45) is 0 Å². The van der Waals surface area contributed by atoms with Crippen molar-refractivity contribution in [2.75, 3.05) is 33.5 Å². The van der Waals surface area contributed by atoms with E-state index >= 15 is 0 Å². The first kappa shape index (κ1) is 14.1. The van der Waals surface area contributed by atoms with Crippen molar-refractivity contribution in [3.63, 3.8) is 0 Å². The maximum Gasteiger partial charge on any atom is 0.119 e. The molecule has 0 aromatic heterocycles. The molecule has 16 heavy (non-hydrogen) atoms. The fourth-order valence-electron chi connectivity index (χ4n) is 1.89. The Morgan fingerprint density at radius 2 is 2.06 bits per heavy atom. The molecule has 1 aromatic rings. The Kier molecular flexibility index (Phi) is 4.94. The molecule has 1 heterocycles. The Hall–Kier alpha value is 0.0600. The second kappa shape index (κ2) is 5.60. The third-order valence-electron chi connectivity index (χ3n) is 2.82. The minimum absolute atomic E-state index is 0.